The van der Waals surface area contributed by atoms with E-state index in [1.54, 1.807) is 4.68 Å². The van der Waals surface area contributed by atoms with Crippen LogP contribution < -0.4 is 5.32 Å². The van der Waals surface area contributed by atoms with Gasteiger partial charge in [0.25, 0.3) is 0 Å². The largest absolute Gasteiger partial charge is 0.331 e. The van der Waals surface area contributed by atoms with Crippen molar-refractivity contribution in [2.24, 2.45) is 7.05 Å². The Morgan fingerprint density at radius 3 is 2.95 bits per heavy atom. The van der Waals surface area contributed by atoms with Crippen molar-refractivity contribution < 1.29 is 4.79 Å². The number of aryl methyl sites for hydroxylation is 1. The minimum Gasteiger partial charge on any atom is -0.331 e. The molecule has 0 bridgehead atoms. The van der Waals surface area contributed by atoms with Crippen molar-refractivity contribution in [3.8, 4) is 0 Å². The van der Waals surface area contributed by atoms with Crippen LogP contribution in [0.5, 0.6) is 0 Å². The first-order valence-corrected chi connectivity index (χ1v) is 6.41. The molecule has 1 amide bonds. The maximum atomic E-state index is 11.9. The highest BCUT2D eigenvalue weighted by Gasteiger charge is 2.31. The van der Waals surface area contributed by atoms with Gasteiger partial charge in [-0.1, -0.05) is 0 Å². The highest BCUT2D eigenvalue weighted by Crippen LogP contribution is 2.37. The van der Waals surface area contributed by atoms with Crippen LogP contribution in [0.2, 0.25) is 0 Å². The molecule has 100 valence electrons. The van der Waals surface area contributed by atoms with Gasteiger partial charge in [-0.05, 0) is 13.8 Å². The average molecular weight is 259 g/mol. The number of nitrogens with zero attached hydrogens (tertiary/aromatic N) is 4. The van der Waals surface area contributed by atoms with Gasteiger partial charge in [0.1, 0.15) is 5.82 Å². The van der Waals surface area contributed by atoms with Gasteiger partial charge in [0, 0.05) is 42.9 Å². The number of rotatable bonds is 2. The minimum absolute atomic E-state index is 0.0256. The standard InChI is InChI=1S/C13H17N5O/c1-8(2)18-7-14-6-11(18)9-4-12(19)16-13-10(9)5-15-17(13)3/h5-9H,4H2,1-3H3,(H,16,19). The van der Waals surface area contributed by atoms with E-state index in [9.17, 15) is 4.79 Å². The molecule has 1 atom stereocenters. The quantitative estimate of drug-likeness (QED) is 0.892. The van der Waals surface area contributed by atoms with Gasteiger partial charge in [-0.25, -0.2) is 4.98 Å². The van der Waals surface area contributed by atoms with E-state index in [4.69, 9.17) is 0 Å². The first kappa shape index (κ1) is 12.0. The average Bonchev–Trinajstić information content (AvgIpc) is 2.96. The number of anilines is 1. The van der Waals surface area contributed by atoms with Gasteiger partial charge in [0.15, 0.2) is 0 Å². The number of aromatic nitrogens is 4. The molecule has 0 aromatic carbocycles. The van der Waals surface area contributed by atoms with Crippen molar-refractivity contribution in [1.82, 2.24) is 19.3 Å². The number of nitrogens with one attached hydrogen (secondary N) is 1. The number of fused-ring (bicyclic) bond motifs is 1. The maximum Gasteiger partial charge on any atom is 0.226 e. The summed E-state index contributed by atoms with van der Waals surface area (Å²) < 4.78 is 3.82. The highest BCUT2D eigenvalue weighted by atomic mass is 16.1. The fourth-order valence-electron chi connectivity index (χ4n) is 2.62. The van der Waals surface area contributed by atoms with Crippen LogP contribution in [0.25, 0.3) is 0 Å². The second-order valence-corrected chi connectivity index (χ2v) is 5.20. The lowest BCUT2D eigenvalue weighted by Crippen LogP contribution is -2.25. The topological polar surface area (TPSA) is 64.7 Å². The van der Waals surface area contributed by atoms with Gasteiger partial charge in [-0.15, -0.1) is 0 Å². The van der Waals surface area contributed by atoms with Crippen LogP contribution in [0.3, 0.4) is 0 Å². The first-order chi connectivity index (χ1) is 9.08. The van der Waals surface area contributed by atoms with E-state index in [2.05, 4.69) is 33.8 Å². The Labute approximate surface area is 111 Å². The van der Waals surface area contributed by atoms with Gasteiger partial charge in [-0.3, -0.25) is 9.48 Å². The van der Waals surface area contributed by atoms with Crippen molar-refractivity contribution in [3.05, 3.63) is 30.0 Å². The molecule has 1 aliphatic rings. The zero-order chi connectivity index (χ0) is 13.6. The Hall–Kier alpha value is -2.11. The summed E-state index contributed by atoms with van der Waals surface area (Å²) in [4.78, 5) is 16.1. The molecule has 1 N–H and O–H groups in total. The third kappa shape index (κ3) is 1.83. The summed E-state index contributed by atoms with van der Waals surface area (Å²) in [7, 11) is 1.83. The van der Waals surface area contributed by atoms with Crippen molar-refractivity contribution >= 4 is 11.7 Å². The lowest BCUT2D eigenvalue weighted by molar-refractivity contribution is -0.116. The maximum absolute atomic E-state index is 11.9. The third-order valence-electron chi connectivity index (χ3n) is 3.60. The van der Waals surface area contributed by atoms with Gasteiger partial charge >= 0.3 is 0 Å². The molecule has 0 fully saturated rings. The number of carbonyl (C=O) groups is 1. The molecule has 2 aromatic rings. The zero-order valence-electron chi connectivity index (χ0n) is 11.3. The Morgan fingerprint density at radius 2 is 2.21 bits per heavy atom. The van der Waals surface area contributed by atoms with Gasteiger partial charge in [0.05, 0.1) is 12.5 Å². The number of amides is 1. The summed E-state index contributed by atoms with van der Waals surface area (Å²) in [5.74, 6) is 0.845. The van der Waals surface area contributed by atoms with Crippen LogP contribution in [-0.2, 0) is 11.8 Å². The van der Waals surface area contributed by atoms with E-state index < -0.39 is 0 Å². The zero-order valence-corrected chi connectivity index (χ0v) is 11.3. The fraction of sp³-hybridized carbons (Fsp3) is 0.462. The lowest BCUT2D eigenvalue weighted by Gasteiger charge is -2.24. The highest BCUT2D eigenvalue weighted by molar-refractivity contribution is 5.94. The molecule has 19 heavy (non-hydrogen) atoms. The van der Waals surface area contributed by atoms with Crippen LogP contribution in [-0.4, -0.2) is 25.2 Å². The molecule has 0 saturated heterocycles. The molecule has 1 aliphatic heterocycles. The summed E-state index contributed by atoms with van der Waals surface area (Å²) in [6.45, 7) is 4.22. The van der Waals surface area contributed by atoms with Crippen molar-refractivity contribution in [3.63, 3.8) is 0 Å². The van der Waals surface area contributed by atoms with Crippen molar-refractivity contribution in [2.75, 3.05) is 5.32 Å². The van der Waals surface area contributed by atoms with E-state index >= 15 is 0 Å². The lowest BCUT2D eigenvalue weighted by atomic mass is 9.91. The van der Waals surface area contributed by atoms with Crippen LogP contribution in [0.1, 0.15) is 43.5 Å². The fourth-order valence-corrected chi connectivity index (χ4v) is 2.62. The number of carbonyl (C=O) groups excluding carboxylic acids is 1. The Balaban J connectivity index is 2.10. The van der Waals surface area contributed by atoms with Crippen molar-refractivity contribution in [1.29, 1.82) is 0 Å². The van der Waals surface area contributed by atoms with Crippen molar-refractivity contribution in [2.45, 2.75) is 32.2 Å². The summed E-state index contributed by atoms with van der Waals surface area (Å²) in [6, 6.07) is 0.322. The second kappa shape index (κ2) is 4.22. The number of imidazole rings is 1. The molecule has 2 aromatic heterocycles. The molecule has 6 nitrogen and oxygen atoms in total. The predicted molar refractivity (Wildman–Crippen MR) is 70.9 cm³/mol. The molecule has 1 unspecified atom stereocenters. The van der Waals surface area contributed by atoms with E-state index in [1.807, 2.05) is 25.8 Å². The SMILES string of the molecule is CC(C)n1cncc1C1CC(=O)Nc2c1cnn2C. The van der Waals surface area contributed by atoms with E-state index in [1.165, 1.54) is 0 Å². The normalized spacial score (nSPS) is 18.5. The van der Waals surface area contributed by atoms with Crippen LogP contribution in [0.15, 0.2) is 18.7 Å². The molecule has 0 spiro atoms. The Morgan fingerprint density at radius 1 is 1.42 bits per heavy atom. The van der Waals surface area contributed by atoms with Crippen LogP contribution in [0, 0.1) is 0 Å². The van der Waals surface area contributed by atoms with E-state index in [0.717, 1.165) is 17.1 Å². The Kier molecular flexibility index (Phi) is 2.66. The molecular weight excluding hydrogens is 242 g/mol. The summed E-state index contributed by atoms with van der Waals surface area (Å²) in [5.41, 5.74) is 2.13. The van der Waals surface area contributed by atoms with E-state index in [0.29, 0.717) is 12.5 Å². The van der Waals surface area contributed by atoms with Crippen LogP contribution >= 0.6 is 0 Å². The number of hydrogen-bond acceptors (Lipinski definition) is 3. The smallest absolute Gasteiger partial charge is 0.226 e. The van der Waals surface area contributed by atoms with Gasteiger partial charge < -0.3 is 9.88 Å². The summed E-state index contributed by atoms with van der Waals surface area (Å²) in [5, 5.41) is 7.12. The predicted octanol–water partition coefficient (Wildman–Crippen LogP) is 1.67. The van der Waals surface area contributed by atoms with Gasteiger partial charge in [0.2, 0.25) is 5.91 Å². The van der Waals surface area contributed by atoms with Crippen LogP contribution in [0.4, 0.5) is 5.82 Å². The molecule has 3 rings (SSSR count). The molecule has 3 heterocycles. The van der Waals surface area contributed by atoms with E-state index in [-0.39, 0.29) is 11.8 Å². The first-order valence-electron chi connectivity index (χ1n) is 6.41. The number of hydrogen-bond donors (Lipinski definition) is 1. The molecule has 0 radical (unpaired) electrons. The molecule has 0 aliphatic carbocycles. The van der Waals surface area contributed by atoms with Gasteiger partial charge in [-0.2, -0.15) is 5.10 Å². The second-order valence-electron chi connectivity index (χ2n) is 5.20. The Bertz CT molecular complexity index is 625. The molecule has 0 saturated carbocycles. The summed E-state index contributed by atoms with van der Waals surface area (Å²) in [6.07, 6.45) is 5.94. The third-order valence-corrected chi connectivity index (χ3v) is 3.60. The summed E-state index contributed by atoms with van der Waals surface area (Å²) >= 11 is 0. The minimum atomic E-state index is 0.0256. The molecular formula is C13H17N5O. The molecule has 6 heteroatoms. The monoisotopic (exact) mass is 259 g/mol.